The molecule has 1 aromatic carbocycles. The van der Waals surface area contributed by atoms with Gasteiger partial charge in [0.15, 0.2) is 11.6 Å². The van der Waals surface area contributed by atoms with E-state index in [-0.39, 0.29) is 24.1 Å². The first-order valence-corrected chi connectivity index (χ1v) is 6.51. The van der Waals surface area contributed by atoms with Crippen LogP contribution in [-0.2, 0) is 4.79 Å². The number of amides is 1. The molecule has 2 N–H and O–H groups in total. The Balaban J connectivity index is 0.00000200. The predicted molar refractivity (Wildman–Crippen MR) is 79.1 cm³/mol. The summed E-state index contributed by atoms with van der Waals surface area (Å²) in [4.78, 5) is 12.3. The molecule has 0 bridgehead atoms. The number of rotatable bonds is 4. The third-order valence-electron chi connectivity index (χ3n) is 3.69. The molecule has 1 amide bonds. The van der Waals surface area contributed by atoms with Gasteiger partial charge >= 0.3 is 0 Å². The van der Waals surface area contributed by atoms with Crippen LogP contribution in [0, 0.1) is 5.82 Å². The van der Waals surface area contributed by atoms with Crippen LogP contribution in [0.5, 0.6) is 5.75 Å². The van der Waals surface area contributed by atoms with Gasteiger partial charge in [0.2, 0.25) is 5.91 Å². The van der Waals surface area contributed by atoms with E-state index in [1.54, 1.807) is 6.07 Å². The Labute approximate surface area is 124 Å². The lowest BCUT2D eigenvalue weighted by Crippen LogP contribution is -2.50. The molecule has 6 heteroatoms. The first-order chi connectivity index (χ1) is 9.11. The lowest BCUT2D eigenvalue weighted by Gasteiger charge is -2.26. The minimum absolute atomic E-state index is 0. The molecule has 1 unspecified atom stereocenters. The summed E-state index contributed by atoms with van der Waals surface area (Å²) in [6, 6.07) is 4.42. The number of methoxy groups -OCH3 is 1. The average Bonchev–Trinajstić information content (AvgIpc) is 2.89. The molecule has 1 aliphatic rings. The number of halogens is 2. The number of nitrogens with one attached hydrogen (secondary N) is 2. The molecule has 4 nitrogen and oxygen atoms in total. The maximum Gasteiger partial charge on any atom is 0.244 e. The van der Waals surface area contributed by atoms with Crippen LogP contribution in [0.15, 0.2) is 18.2 Å². The summed E-state index contributed by atoms with van der Waals surface area (Å²) in [5, 5.41) is 6.02. The van der Waals surface area contributed by atoms with E-state index in [2.05, 4.69) is 10.6 Å². The molecule has 2 rings (SSSR count). The Kier molecular flexibility index (Phi) is 5.77. The number of carbonyl (C=O) groups excluding carboxylic acids is 1. The van der Waals surface area contributed by atoms with Crippen LogP contribution in [0.3, 0.4) is 0 Å². The van der Waals surface area contributed by atoms with Gasteiger partial charge < -0.3 is 15.4 Å². The molecule has 0 spiro atoms. The highest BCUT2D eigenvalue weighted by atomic mass is 35.5. The van der Waals surface area contributed by atoms with Gasteiger partial charge in [-0.15, -0.1) is 12.4 Å². The topological polar surface area (TPSA) is 50.4 Å². The molecule has 112 valence electrons. The minimum Gasteiger partial charge on any atom is -0.494 e. The Morgan fingerprint density at radius 2 is 2.30 bits per heavy atom. The van der Waals surface area contributed by atoms with E-state index < -0.39 is 11.4 Å². The molecule has 1 fully saturated rings. The zero-order chi connectivity index (χ0) is 13.9. The summed E-state index contributed by atoms with van der Waals surface area (Å²) in [7, 11) is 1.41. The maximum absolute atomic E-state index is 13.6. The summed E-state index contributed by atoms with van der Waals surface area (Å²) < 4.78 is 18.4. The normalized spacial score (nSPS) is 21.1. The lowest BCUT2D eigenvalue weighted by atomic mass is 9.93. The quantitative estimate of drug-likeness (QED) is 0.899. The average molecular weight is 303 g/mol. The highest BCUT2D eigenvalue weighted by Crippen LogP contribution is 2.26. The fourth-order valence-electron chi connectivity index (χ4n) is 2.46. The van der Waals surface area contributed by atoms with E-state index in [1.165, 1.54) is 19.2 Å². The summed E-state index contributed by atoms with van der Waals surface area (Å²) in [5.41, 5.74) is -0.0685. The summed E-state index contributed by atoms with van der Waals surface area (Å²) >= 11 is 0. The molecular weight excluding hydrogens is 283 g/mol. The van der Waals surface area contributed by atoms with E-state index in [0.29, 0.717) is 5.69 Å². The van der Waals surface area contributed by atoms with Gasteiger partial charge in [-0.25, -0.2) is 4.39 Å². The van der Waals surface area contributed by atoms with Gasteiger partial charge in [-0.2, -0.15) is 0 Å². The predicted octanol–water partition coefficient (Wildman–Crippen LogP) is 2.73. The van der Waals surface area contributed by atoms with Gasteiger partial charge in [0.1, 0.15) is 0 Å². The van der Waals surface area contributed by atoms with Crippen molar-refractivity contribution in [2.75, 3.05) is 19.0 Å². The van der Waals surface area contributed by atoms with Crippen molar-refractivity contribution in [1.82, 2.24) is 5.32 Å². The Hall–Kier alpha value is -1.33. The fraction of sp³-hybridized carbons (Fsp3) is 0.500. The first-order valence-electron chi connectivity index (χ1n) is 6.51. The van der Waals surface area contributed by atoms with Crippen molar-refractivity contribution < 1.29 is 13.9 Å². The lowest BCUT2D eigenvalue weighted by molar-refractivity contribution is -0.122. The van der Waals surface area contributed by atoms with E-state index in [4.69, 9.17) is 4.74 Å². The second-order valence-corrected chi connectivity index (χ2v) is 4.77. The van der Waals surface area contributed by atoms with Gasteiger partial charge in [0, 0.05) is 11.8 Å². The number of hydrogen-bond acceptors (Lipinski definition) is 3. The third-order valence-corrected chi connectivity index (χ3v) is 3.69. The Morgan fingerprint density at radius 1 is 1.55 bits per heavy atom. The van der Waals surface area contributed by atoms with Crippen molar-refractivity contribution >= 4 is 24.0 Å². The van der Waals surface area contributed by atoms with E-state index in [9.17, 15) is 9.18 Å². The first kappa shape index (κ1) is 16.7. The molecule has 0 aliphatic carbocycles. The van der Waals surface area contributed by atoms with Gasteiger partial charge in [-0.05, 0) is 37.9 Å². The maximum atomic E-state index is 13.6. The molecule has 0 aromatic heterocycles. The Bertz CT molecular complexity index is 476. The van der Waals surface area contributed by atoms with Crippen molar-refractivity contribution in [2.24, 2.45) is 0 Å². The standard InChI is InChI=1S/C14H19FN2O2.ClH/c1-3-14(7-4-8-16-14)13(18)17-10-5-6-12(19-2)11(15)9-10;/h5-6,9,16H,3-4,7-8H2,1-2H3,(H,17,18);1H. The molecule has 1 aromatic rings. The molecule has 1 atom stereocenters. The molecular formula is C14H20ClFN2O2. The second kappa shape index (κ2) is 6.90. The van der Waals surface area contributed by atoms with E-state index in [1.807, 2.05) is 6.92 Å². The molecule has 0 radical (unpaired) electrons. The number of carbonyl (C=O) groups is 1. The van der Waals surface area contributed by atoms with Crippen molar-refractivity contribution in [2.45, 2.75) is 31.7 Å². The largest absolute Gasteiger partial charge is 0.494 e. The van der Waals surface area contributed by atoms with Gasteiger partial charge in [-0.3, -0.25) is 4.79 Å². The zero-order valence-corrected chi connectivity index (χ0v) is 12.5. The second-order valence-electron chi connectivity index (χ2n) is 4.77. The molecule has 0 saturated carbocycles. The van der Waals surface area contributed by atoms with Crippen LogP contribution in [0.1, 0.15) is 26.2 Å². The van der Waals surface area contributed by atoms with Gasteiger partial charge in [-0.1, -0.05) is 6.92 Å². The minimum atomic E-state index is -0.517. The fourth-order valence-corrected chi connectivity index (χ4v) is 2.46. The van der Waals surface area contributed by atoms with Crippen LogP contribution in [0.4, 0.5) is 10.1 Å². The smallest absolute Gasteiger partial charge is 0.244 e. The van der Waals surface area contributed by atoms with Crippen molar-refractivity contribution in [3.8, 4) is 5.75 Å². The van der Waals surface area contributed by atoms with Crippen LogP contribution < -0.4 is 15.4 Å². The van der Waals surface area contributed by atoms with Crippen LogP contribution in [0.25, 0.3) is 0 Å². The highest BCUT2D eigenvalue weighted by Gasteiger charge is 2.39. The van der Waals surface area contributed by atoms with Crippen LogP contribution in [0.2, 0.25) is 0 Å². The molecule has 1 aliphatic heterocycles. The zero-order valence-electron chi connectivity index (χ0n) is 11.7. The number of benzene rings is 1. The number of hydrogen-bond donors (Lipinski definition) is 2. The van der Waals surface area contributed by atoms with E-state index in [0.717, 1.165) is 25.8 Å². The van der Waals surface area contributed by atoms with Gasteiger partial charge in [0.05, 0.1) is 12.6 Å². The monoisotopic (exact) mass is 302 g/mol. The summed E-state index contributed by atoms with van der Waals surface area (Å²) in [6.45, 7) is 2.82. The number of ether oxygens (including phenoxy) is 1. The SMILES string of the molecule is CCC1(C(=O)Nc2ccc(OC)c(F)c2)CCCN1.Cl. The summed E-state index contributed by atoms with van der Waals surface area (Å²) in [5.74, 6) is -0.413. The Morgan fingerprint density at radius 3 is 2.80 bits per heavy atom. The molecule has 20 heavy (non-hydrogen) atoms. The van der Waals surface area contributed by atoms with Crippen molar-refractivity contribution in [1.29, 1.82) is 0 Å². The third kappa shape index (κ3) is 3.22. The summed E-state index contributed by atoms with van der Waals surface area (Å²) in [6.07, 6.45) is 2.52. The highest BCUT2D eigenvalue weighted by molar-refractivity contribution is 5.98. The molecule has 1 saturated heterocycles. The van der Waals surface area contributed by atoms with E-state index >= 15 is 0 Å². The van der Waals surface area contributed by atoms with Crippen LogP contribution in [-0.4, -0.2) is 25.1 Å². The van der Waals surface area contributed by atoms with Crippen molar-refractivity contribution in [3.05, 3.63) is 24.0 Å². The van der Waals surface area contributed by atoms with Gasteiger partial charge in [0.25, 0.3) is 0 Å². The van der Waals surface area contributed by atoms with Crippen LogP contribution >= 0.6 is 12.4 Å². The van der Waals surface area contributed by atoms with Crippen molar-refractivity contribution in [3.63, 3.8) is 0 Å². The molecule has 1 heterocycles. The number of anilines is 1.